The zero-order valence-electron chi connectivity index (χ0n) is 12.3. The van der Waals surface area contributed by atoms with E-state index in [4.69, 9.17) is 0 Å². The molecule has 0 heterocycles. The Morgan fingerprint density at radius 2 is 1.85 bits per heavy atom. The van der Waals surface area contributed by atoms with Crippen molar-refractivity contribution in [1.29, 1.82) is 0 Å². The number of hydrogen-bond donors (Lipinski definition) is 1. The van der Waals surface area contributed by atoms with Crippen molar-refractivity contribution in [3.8, 4) is 0 Å². The minimum Gasteiger partial charge on any atom is -0.312 e. The zero-order valence-corrected chi connectivity index (χ0v) is 12.3. The van der Waals surface area contributed by atoms with E-state index in [0.29, 0.717) is 11.5 Å². The van der Waals surface area contributed by atoms with Crippen molar-refractivity contribution in [2.75, 3.05) is 6.54 Å². The summed E-state index contributed by atoms with van der Waals surface area (Å²) >= 11 is 0. The molecule has 0 aliphatic heterocycles. The molecule has 0 saturated heterocycles. The fraction of sp³-hybridized carbons (Fsp3) is 0.625. The molecule has 20 heavy (non-hydrogen) atoms. The fourth-order valence-corrected chi connectivity index (χ4v) is 2.31. The minimum atomic E-state index is -4.27. The van der Waals surface area contributed by atoms with Crippen LogP contribution in [0.15, 0.2) is 24.3 Å². The Morgan fingerprint density at radius 3 is 2.45 bits per heavy atom. The van der Waals surface area contributed by atoms with Crippen LogP contribution in [0, 0.1) is 5.92 Å². The van der Waals surface area contributed by atoms with Crippen LogP contribution in [0.3, 0.4) is 0 Å². The average Bonchev–Trinajstić information content (AvgIpc) is 2.42. The number of rotatable bonds is 8. The third-order valence-corrected chi connectivity index (χ3v) is 3.61. The van der Waals surface area contributed by atoms with Crippen LogP contribution in [-0.4, -0.2) is 6.54 Å². The Morgan fingerprint density at radius 1 is 1.15 bits per heavy atom. The van der Waals surface area contributed by atoms with Crippen molar-refractivity contribution in [2.24, 2.45) is 5.92 Å². The van der Waals surface area contributed by atoms with Crippen LogP contribution in [0.1, 0.15) is 50.7 Å². The Hall–Kier alpha value is -1.03. The van der Waals surface area contributed by atoms with E-state index in [1.54, 1.807) is 12.1 Å². The molecule has 0 saturated carbocycles. The normalized spacial score (nSPS) is 13.4. The number of benzene rings is 1. The monoisotopic (exact) mass is 287 g/mol. The van der Waals surface area contributed by atoms with E-state index in [9.17, 15) is 13.2 Å². The molecule has 1 N–H and O–H groups in total. The molecule has 0 aliphatic carbocycles. The van der Waals surface area contributed by atoms with Gasteiger partial charge in [0, 0.05) is 6.54 Å². The summed E-state index contributed by atoms with van der Waals surface area (Å²) < 4.78 is 38.5. The molecule has 1 unspecified atom stereocenters. The molecule has 1 rings (SSSR count). The molecule has 0 aromatic heterocycles. The van der Waals surface area contributed by atoms with Crippen LogP contribution < -0.4 is 5.32 Å². The summed E-state index contributed by atoms with van der Waals surface area (Å²) in [6.45, 7) is 5.34. The lowest BCUT2D eigenvalue weighted by Crippen LogP contribution is -2.23. The van der Waals surface area contributed by atoms with E-state index in [2.05, 4.69) is 19.2 Å². The maximum absolute atomic E-state index is 12.8. The molecule has 114 valence electrons. The lowest BCUT2D eigenvalue weighted by molar-refractivity contribution is -0.138. The second-order valence-corrected chi connectivity index (χ2v) is 5.20. The van der Waals surface area contributed by atoms with Crippen molar-refractivity contribution in [1.82, 2.24) is 5.32 Å². The minimum absolute atomic E-state index is 0.276. The largest absolute Gasteiger partial charge is 0.416 e. The molecule has 1 aromatic rings. The molecule has 4 heteroatoms. The molecule has 1 nitrogen and oxygen atoms in total. The Balaban J connectivity index is 2.53. The van der Waals surface area contributed by atoms with E-state index >= 15 is 0 Å². The summed E-state index contributed by atoms with van der Waals surface area (Å²) in [4.78, 5) is 0. The molecular formula is C16H24F3N. The third kappa shape index (κ3) is 5.53. The summed E-state index contributed by atoms with van der Waals surface area (Å²) in [6, 6.07) is 5.78. The highest BCUT2D eigenvalue weighted by molar-refractivity contribution is 5.29. The molecular weight excluding hydrogens is 263 g/mol. The number of unbranched alkanes of at least 4 members (excludes halogenated alkanes) is 1. The van der Waals surface area contributed by atoms with Crippen molar-refractivity contribution in [3.05, 3.63) is 35.4 Å². The van der Waals surface area contributed by atoms with Crippen molar-refractivity contribution >= 4 is 0 Å². The Labute approximate surface area is 119 Å². The first-order valence-electron chi connectivity index (χ1n) is 7.34. The molecule has 1 atom stereocenters. The van der Waals surface area contributed by atoms with Gasteiger partial charge < -0.3 is 5.32 Å². The Kier molecular flexibility index (Phi) is 7.06. The maximum atomic E-state index is 12.8. The van der Waals surface area contributed by atoms with Gasteiger partial charge in [0.05, 0.1) is 5.56 Å². The highest BCUT2D eigenvalue weighted by Crippen LogP contribution is 2.31. The number of halogens is 3. The van der Waals surface area contributed by atoms with Gasteiger partial charge in [0.1, 0.15) is 0 Å². The molecule has 0 radical (unpaired) electrons. The molecule has 0 spiro atoms. The molecule has 0 amide bonds. The van der Waals surface area contributed by atoms with Crippen LogP contribution in [-0.2, 0) is 12.7 Å². The molecule has 0 fully saturated rings. The topological polar surface area (TPSA) is 12.0 Å². The van der Waals surface area contributed by atoms with Crippen LogP contribution in [0.4, 0.5) is 13.2 Å². The van der Waals surface area contributed by atoms with E-state index in [1.165, 1.54) is 12.5 Å². The van der Waals surface area contributed by atoms with E-state index in [-0.39, 0.29) is 6.54 Å². The molecule has 1 aromatic carbocycles. The van der Waals surface area contributed by atoms with Gasteiger partial charge in [-0.05, 0) is 30.5 Å². The SMILES string of the molecule is CCCCC(CC)CNCc1ccccc1C(F)(F)F. The zero-order chi connectivity index (χ0) is 15.0. The predicted molar refractivity (Wildman–Crippen MR) is 76.5 cm³/mol. The van der Waals surface area contributed by atoms with Crippen molar-refractivity contribution in [2.45, 2.75) is 52.3 Å². The quantitative estimate of drug-likeness (QED) is 0.708. The smallest absolute Gasteiger partial charge is 0.312 e. The molecule has 0 aliphatic rings. The van der Waals surface area contributed by atoms with Crippen molar-refractivity contribution in [3.63, 3.8) is 0 Å². The fourth-order valence-electron chi connectivity index (χ4n) is 2.31. The standard InChI is InChI=1S/C16H24F3N/c1-3-5-8-13(4-2)11-20-12-14-9-6-7-10-15(14)16(17,18)19/h6-7,9-10,13,20H,3-5,8,11-12H2,1-2H3. The first-order chi connectivity index (χ1) is 9.49. The van der Waals surface area contributed by atoms with Crippen LogP contribution >= 0.6 is 0 Å². The van der Waals surface area contributed by atoms with Gasteiger partial charge in [0.15, 0.2) is 0 Å². The summed E-state index contributed by atoms with van der Waals surface area (Å²) in [5.41, 5.74) is -0.209. The molecule has 0 bridgehead atoms. The van der Waals surface area contributed by atoms with Gasteiger partial charge in [-0.1, -0.05) is 51.3 Å². The second kappa shape index (κ2) is 8.30. The Bertz CT molecular complexity index is 388. The number of alkyl halides is 3. The van der Waals surface area contributed by atoms with Gasteiger partial charge in [-0.15, -0.1) is 0 Å². The van der Waals surface area contributed by atoms with E-state index in [1.807, 2.05) is 0 Å². The maximum Gasteiger partial charge on any atom is 0.416 e. The van der Waals surface area contributed by atoms with Gasteiger partial charge in [0.2, 0.25) is 0 Å². The third-order valence-electron chi connectivity index (χ3n) is 3.61. The van der Waals surface area contributed by atoms with Crippen LogP contribution in [0.2, 0.25) is 0 Å². The van der Waals surface area contributed by atoms with Gasteiger partial charge in [-0.3, -0.25) is 0 Å². The lowest BCUT2D eigenvalue weighted by atomic mass is 9.99. The van der Waals surface area contributed by atoms with Crippen molar-refractivity contribution < 1.29 is 13.2 Å². The van der Waals surface area contributed by atoms with E-state index < -0.39 is 11.7 Å². The second-order valence-electron chi connectivity index (χ2n) is 5.20. The van der Waals surface area contributed by atoms with E-state index in [0.717, 1.165) is 31.9 Å². The number of nitrogens with one attached hydrogen (secondary N) is 1. The highest BCUT2D eigenvalue weighted by Gasteiger charge is 2.32. The summed E-state index contributed by atoms with van der Waals surface area (Å²) in [7, 11) is 0. The number of hydrogen-bond acceptors (Lipinski definition) is 1. The highest BCUT2D eigenvalue weighted by atomic mass is 19.4. The van der Waals surface area contributed by atoms with Crippen LogP contribution in [0.25, 0.3) is 0 Å². The van der Waals surface area contributed by atoms with Gasteiger partial charge in [0.25, 0.3) is 0 Å². The first kappa shape index (κ1) is 17.0. The van der Waals surface area contributed by atoms with Gasteiger partial charge >= 0.3 is 6.18 Å². The van der Waals surface area contributed by atoms with Gasteiger partial charge in [-0.2, -0.15) is 13.2 Å². The summed E-state index contributed by atoms with van der Waals surface area (Å²) in [5, 5.41) is 3.17. The summed E-state index contributed by atoms with van der Waals surface area (Å²) in [5.74, 6) is 0.549. The summed E-state index contributed by atoms with van der Waals surface area (Å²) in [6.07, 6.45) is 0.270. The predicted octanol–water partition coefficient (Wildman–Crippen LogP) is 5.01. The van der Waals surface area contributed by atoms with Gasteiger partial charge in [-0.25, -0.2) is 0 Å². The van der Waals surface area contributed by atoms with Crippen LogP contribution in [0.5, 0.6) is 0 Å². The first-order valence-corrected chi connectivity index (χ1v) is 7.34. The average molecular weight is 287 g/mol. The lowest BCUT2D eigenvalue weighted by Gasteiger charge is -2.17.